The second kappa shape index (κ2) is 6.08. The van der Waals surface area contributed by atoms with Gasteiger partial charge in [0, 0.05) is 16.3 Å². The molecule has 2 saturated heterocycles. The van der Waals surface area contributed by atoms with Crippen LogP contribution in [0.4, 0.5) is 0 Å². The van der Waals surface area contributed by atoms with E-state index in [9.17, 15) is 0 Å². The van der Waals surface area contributed by atoms with Crippen LogP contribution in [-0.2, 0) is 4.74 Å². The molecule has 0 N–H and O–H groups in total. The molecule has 0 saturated carbocycles. The summed E-state index contributed by atoms with van der Waals surface area (Å²) < 4.78 is 8.05. The van der Waals surface area contributed by atoms with Crippen LogP contribution in [0, 0.1) is 5.92 Å². The van der Waals surface area contributed by atoms with Crippen molar-refractivity contribution in [3.63, 3.8) is 0 Å². The Kier molecular flexibility index (Phi) is 3.85. The zero-order valence-electron chi connectivity index (χ0n) is 14.3. The van der Waals surface area contributed by atoms with Crippen LogP contribution >= 0.6 is 15.9 Å². The summed E-state index contributed by atoms with van der Waals surface area (Å²) in [6, 6.07) is 17.9. The third kappa shape index (κ3) is 2.69. The Balaban J connectivity index is 1.62. The topological polar surface area (TPSA) is 9.23 Å². The normalized spacial score (nSPS) is 26.8. The van der Waals surface area contributed by atoms with E-state index in [0.29, 0.717) is 11.8 Å². The number of halogens is 1. The average Bonchev–Trinajstić information content (AvgIpc) is 2.98. The number of quaternary nitrogens is 1. The molecule has 2 aromatic rings. The SMILES string of the molecule is Brc1ccc2c(c1)C(c1ccccc1)C1C[N+]3(CCOCC3)CC1=C2. The predicted molar refractivity (Wildman–Crippen MR) is 104 cm³/mol. The van der Waals surface area contributed by atoms with Gasteiger partial charge in [0.1, 0.15) is 19.6 Å². The van der Waals surface area contributed by atoms with Crippen molar-refractivity contribution in [1.82, 2.24) is 0 Å². The van der Waals surface area contributed by atoms with Gasteiger partial charge in [0.2, 0.25) is 0 Å². The second-order valence-electron chi connectivity index (χ2n) is 7.73. The molecule has 0 amide bonds. The highest BCUT2D eigenvalue weighted by atomic mass is 79.9. The first-order valence-corrected chi connectivity index (χ1v) is 10.0. The van der Waals surface area contributed by atoms with Crippen molar-refractivity contribution < 1.29 is 9.22 Å². The molecule has 2 nitrogen and oxygen atoms in total. The average molecular weight is 397 g/mol. The summed E-state index contributed by atoms with van der Waals surface area (Å²) in [6.45, 7) is 6.60. The smallest absolute Gasteiger partial charge is 0.103 e. The molecule has 5 rings (SSSR count). The molecular weight excluding hydrogens is 374 g/mol. The summed E-state index contributed by atoms with van der Waals surface area (Å²) in [5, 5.41) is 0. The molecule has 3 aliphatic rings. The number of morpholine rings is 1. The number of nitrogens with zero attached hydrogens (tertiary/aromatic N) is 1. The summed E-state index contributed by atoms with van der Waals surface area (Å²) >= 11 is 3.69. The Morgan fingerprint density at radius 3 is 2.60 bits per heavy atom. The number of hydrogen-bond donors (Lipinski definition) is 0. The molecule has 0 bridgehead atoms. The van der Waals surface area contributed by atoms with Crippen molar-refractivity contribution in [2.45, 2.75) is 5.92 Å². The number of ether oxygens (including phenoxy) is 1. The van der Waals surface area contributed by atoms with Gasteiger partial charge < -0.3 is 9.22 Å². The van der Waals surface area contributed by atoms with Crippen LogP contribution < -0.4 is 0 Å². The maximum absolute atomic E-state index is 5.66. The van der Waals surface area contributed by atoms with Gasteiger partial charge in [-0.2, -0.15) is 0 Å². The van der Waals surface area contributed by atoms with Gasteiger partial charge in [-0.3, -0.25) is 0 Å². The predicted octanol–water partition coefficient (Wildman–Crippen LogP) is 4.45. The Morgan fingerprint density at radius 2 is 1.80 bits per heavy atom. The van der Waals surface area contributed by atoms with Crippen molar-refractivity contribution in [3.8, 4) is 0 Å². The van der Waals surface area contributed by atoms with Crippen molar-refractivity contribution >= 4 is 22.0 Å². The lowest BCUT2D eigenvalue weighted by molar-refractivity contribution is -0.923. The van der Waals surface area contributed by atoms with Crippen molar-refractivity contribution in [1.29, 1.82) is 0 Å². The highest BCUT2D eigenvalue weighted by Gasteiger charge is 2.48. The first kappa shape index (κ1) is 15.8. The van der Waals surface area contributed by atoms with E-state index in [0.717, 1.165) is 26.3 Å². The van der Waals surface area contributed by atoms with Gasteiger partial charge in [0.05, 0.1) is 19.8 Å². The molecule has 2 aliphatic heterocycles. The van der Waals surface area contributed by atoms with Crippen LogP contribution in [0.15, 0.2) is 58.6 Å². The standard InChI is InChI=1S/C22H23BrNO/c23-19-7-6-17-12-18-14-24(8-10-25-11-9-24)15-21(18)22(20(17)13-19)16-4-2-1-3-5-16/h1-7,12-13,21-22H,8-11,14-15H2/q+1. The van der Waals surface area contributed by atoms with Gasteiger partial charge in [-0.15, -0.1) is 0 Å². The molecule has 3 heteroatoms. The van der Waals surface area contributed by atoms with Crippen LogP contribution in [0.1, 0.15) is 22.6 Å². The quantitative estimate of drug-likeness (QED) is 0.646. The highest BCUT2D eigenvalue weighted by Crippen LogP contribution is 2.48. The third-order valence-corrected chi connectivity index (χ3v) is 6.78. The highest BCUT2D eigenvalue weighted by molar-refractivity contribution is 9.10. The summed E-state index contributed by atoms with van der Waals surface area (Å²) in [7, 11) is 0. The summed E-state index contributed by atoms with van der Waals surface area (Å²) in [4.78, 5) is 0. The molecule has 1 spiro atoms. The lowest BCUT2D eigenvalue weighted by Crippen LogP contribution is -2.53. The lowest BCUT2D eigenvalue weighted by atomic mass is 9.73. The fraction of sp³-hybridized carbons (Fsp3) is 0.364. The fourth-order valence-corrected chi connectivity index (χ4v) is 5.46. The molecule has 25 heavy (non-hydrogen) atoms. The van der Waals surface area contributed by atoms with Crippen molar-refractivity contribution in [3.05, 3.63) is 75.3 Å². The minimum absolute atomic E-state index is 0.467. The lowest BCUT2D eigenvalue weighted by Gasteiger charge is -2.38. The zero-order valence-corrected chi connectivity index (χ0v) is 15.9. The van der Waals surface area contributed by atoms with Crippen LogP contribution in [0.3, 0.4) is 0 Å². The third-order valence-electron chi connectivity index (χ3n) is 6.28. The Labute approximate surface area is 157 Å². The van der Waals surface area contributed by atoms with Crippen LogP contribution in [0.5, 0.6) is 0 Å². The second-order valence-corrected chi connectivity index (χ2v) is 8.64. The molecule has 128 valence electrons. The number of hydrogen-bond acceptors (Lipinski definition) is 1. The van der Waals surface area contributed by atoms with Crippen LogP contribution in [0.2, 0.25) is 0 Å². The Bertz CT molecular complexity index is 823. The van der Waals surface area contributed by atoms with E-state index in [2.05, 4.69) is 70.5 Å². The molecule has 0 aromatic heterocycles. The molecule has 0 radical (unpaired) electrons. The largest absolute Gasteiger partial charge is 0.370 e. The van der Waals surface area contributed by atoms with E-state index in [-0.39, 0.29) is 0 Å². The molecule has 2 atom stereocenters. The summed E-state index contributed by atoms with van der Waals surface area (Å²) in [6.07, 6.45) is 2.48. The minimum atomic E-state index is 0.467. The van der Waals surface area contributed by atoms with Crippen molar-refractivity contribution in [2.75, 3.05) is 39.4 Å². The molecule has 2 heterocycles. The summed E-state index contributed by atoms with van der Waals surface area (Å²) in [5.74, 6) is 1.08. The minimum Gasteiger partial charge on any atom is -0.370 e. The molecule has 1 aliphatic carbocycles. The van der Waals surface area contributed by atoms with E-state index < -0.39 is 0 Å². The van der Waals surface area contributed by atoms with Crippen LogP contribution in [0.25, 0.3) is 6.08 Å². The van der Waals surface area contributed by atoms with Gasteiger partial charge in [-0.25, -0.2) is 0 Å². The van der Waals surface area contributed by atoms with E-state index >= 15 is 0 Å². The Morgan fingerprint density at radius 1 is 1.00 bits per heavy atom. The van der Waals surface area contributed by atoms with Gasteiger partial charge in [0.15, 0.2) is 0 Å². The molecule has 2 aromatic carbocycles. The Hall–Kier alpha value is -1.42. The summed E-state index contributed by atoms with van der Waals surface area (Å²) in [5.41, 5.74) is 5.97. The fourth-order valence-electron chi connectivity index (χ4n) is 5.08. The monoisotopic (exact) mass is 396 g/mol. The number of rotatable bonds is 1. The first-order valence-electron chi connectivity index (χ1n) is 9.22. The molecular formula is C22H23BrNO+. The maximum atomic E-state index is 5.66. The molecule has 2 fully saturated rings. The van der Waals surface area contributed by atoms with Crippen LogP contribution in [-0.4, -0.2) is 43.9 Å². The van der Waals surface area contributed by atoms with Gasteiger partial charge >= 0.3 is 0 Å². The number of fused-ring (bicyclic) bond motifs is 2. The van der Waals surface area contributed by atoms with E-state index in [1.54, 1.807) is 5.57 Å². The molecule has 2 unspecified atom stereocenters. The zero-order chi connectivity index (χ0) is 16.9. The van der Waals surface area contributed by atoms with Gasteiger partial charge in [-0.1, -0.05) is 52.3 Å². The van der Waals surface area contributed by atoms with E-state index in [4.69, 9.17) is 4.74 Å². The van der Waals surface area contributed by atoms with E-state index in [1.807, 2.05) is 0 Å². The maximum Gasteiger partial charge on any atom is 0.103 e. The van der Waals surface area contributed by atoms with Gasteiger partial charge in [0.25, 0.3) is 0 Å². The van der Waals surface area contributed by atoms with Crippen molar-refractivity contribution in [2.24, 2.45) is 5.92 Å². The van der Waals surface area contributed by atoms with E-state index in [1.165, 1.54) is 38.7 Å². The van der Waals surface area contributed by atoms with Gasteiger partial charge in [-0.05, 0) is 40.5 Å². The first-order chi connectivity index (χ1) is 12.2. The number of benzene rings is 2.